The van der Waals surface area contributed by atoms with Crippen molar-refractivity contribution in [2.45, 2.75) is 141 Å². The second kappa shape index (κ2) is 20.8. The number of nitrogens with zero attached hydrogens (tertiary/aromatic N) is 1. The number of carbonyl (C=O) groups excluding carboxylic acids is 3. The fourth-order valence-electron chi connectivity index (χ4n) is 6.54. The summed E-state index contributed by atoms with van der Waals surface area (Å²) in [5.41, 5.74) is 0.827. The van der Waals surface area contributed by atoms with E-state index in [0.717, 1.165) is 24.8 Å². The highest BCUT2D eigenvalue weighted by molar-refractivity contribution is 5.78. The lowest BCUT2D eigenvalue weighted by Gasteiger charge is -2.45. The SMILES string of the molecule is CCC(C)C(=O)OC[C@H]1O[C@@H](O[C@H]2[C@H](Oc3ccc(C4CC(=O)NCCCN(C(=O)C(C)CC)CCCCN4)cc3)O[C@@H](C)[C@H](O)[C@H]2O)[C@H](O)[C@@H](O)[C@@H]1O. The molecule has 306 valence electrons. The molecule has 16 nitrogen and oxygen atoms in total. The first kappa shape index (κ1) is 43.8. The van der Waals surface area contributed by atoms with Gasteiger partial charge in [0.1, 0.15) is 49.0 Å². The largest absolute Gasteiger partial charge is 0.463 e. The summed E-state index contributed by atoms with van der Waals surface area (Å²) in [7, 11) is 0. The molecular weight excluding hydrogens is 706 g/mol. The molecule has 7 N–H and O–H groups in total. The van der Waals surface area contributed by atoms with Crippen molar-refractivity contribution in [3.8, 4) is 5.75 Å². The third kappa shape index (κ3) is 11.6. The highest BCUT2D eigenvalue weighted by Gasteiger charge is 2.51. The number of hydrogen-bond donors (Lipinski definition) is 7. The Labute approximate surface area is 317 Å². The number of benzene rings is 1. The van der Waals surface area contributed by atoms with E-state index in [-0.39, 0.29) is 30.2 Å². The molecule has 0 bridgehead atoms. The molecule has 0 aromatic heterocycles. The van der Waals surface area contributed by atoms with E-state index in [2.05, 4.69) is 10.6 Å². The molecule has 3 heterocycles. The van der Waals surface area contributed by atoms with Crippen molar-refractivity contribution >= 4 is 17.8 Å². The number of rotatable bonds is 11. The Kier molecular flexibility index (Phi) is 16.9. The van der Waals surface area contributed by atoms with E-state index < -0.39 is 79.9 Å². The summed E-state index contributed by atoms with van der Waals surface area (Å²) in [6.07, 6.45) is -10.9. The second-order valence-electron chi connectivity index (χ2n) is 14.7. The fourth-order valence-corrected chi connectivity index (χ4v) is 6.54. The van der Waals surface area contributed by atoms with Crippen LogP contribution in [-0.2, 0) is 33.3 Å². The first-order valence-electron chi connectivity index (χ1n) is 19.3. The topological polar surface area (TPSA) is 226 Å². The number of esters is 1. The predicted octanol–water partition coefficient (Wildman–Crippen LogP) is 0.510. The molecule has 1 aromatic carbocycles. The molecule has 16 heteroatoms. The van der Waals surface area contributed by atoms with Crippen LogP contribution in [0.4, 0.5) is 0 Å². The van der Waals surface area contributed by atoms with Gasteiger partial charge in [0.05, 0.1) is 12.0 Å². The molecule has 0 saturated carbocycles. The van der Waals surface area contributed by atoms with E-state index in [9.17, 15) is 39.9 Å². The van der Waals surface area contributed by atoms with Crippen LogP contribution in [0.5, 0.6) is 5.75 Å². The zero-order valence-electron chi connectivity index (χ0n) is 32.0. The van der Waals surface area contributed by atoms with Crippen LogP contribution in [0.2, 0.25) is 0 Å². The van der Waals surface area contributed by atoms with E-state index >= 15 is 0 Å². The van der Waals surface area contributed by atoms with E-state index in [1.54, 1.807) is 38.1 Å². The average Bonchev–Trinajstić information content (AvgIpc) is 3.18. The number of aliphatic hydroxyl groups is 5. The molecular formula is C38H61N3O13. The Balaban J connectivity index is 1.43. The second-order valence-corrected chi connectivity index (χ2v) is 14.7. The molecule has 3 aliphatic heterocycles. The number of amides is 2. The minimum atomic E-state index is -1.78. The summed E-state index contributed by atoms with van der Waals surface area (Å²) in [4.78, 5) is 39.9. The summed E-state index contributed by atoms with van der Waals surface area (Å²) in [5.74, 6) is -0.635. The van der Waals surface area contributed by atoms with Gasteiger partial charge in [0, 0.05) is 38.0 Å². The van der Waals surface area contributed by atoms with Crippen LogP contribution in [0, 0.1) is 11.8 Å². The molecule has 0 radical (unpaired) electrons. The Morgan fingerprint density at radius 3 is 2.22 bits per heavy atom. The monoisotopic (exact) mass is 767 g/mol. The Hall–Kier alpha value is -2.93. The molecule has 54 heavy (non-hydrogen) atoms. The lowest BCUT2D eigenvalue weighted by atomic mass is 9.97. The lowest BCUT2D eigenvalue weighted by Crippen LogP contribution is -2.64. The van der Waals surface area contributed by atoms with Crippen molar-refractivity contribution in [1.29, 1.82) is 0 Å². The summed E-state index contributed by atoms with van der Waals surface area (Å²) in [6.45, 7) is 10.9. The van der Waals surface area contributed by atoms with Gasteiger partial charge >= 0.3 is 5.97 Å². The van der Waals surface area contributed by atoms with E-state index in [0.29, 0.717) is 44.8 Å². The number of hydrogen-bond acceptors (Lipinski definition) is 14. The van der Waals surface area contributed by atoms with Gasteiger partial charge in [0.15, 0.2) is 12.4 Å². The van der Waals surface area contributed by atoms with Crippen LogP contribution in [0.15, 0.2) is 24.3 Å². The first-order chi connectivity index (χ1) is 25.7. The van der Waals surface area contributed by atoms with Crippen LogP contribution in [-0.4, -0.2) is 142 Å². The lowest BCUT2D eigenvalue weighted by molar-refractivity contribution is -0.355. The molecule has 0 spiro atoms. The van der Waals surface area contributed by atoms with Gasteiger partial charge < -0.3 is 64.8 Å². The Bertz CT molecular complexity index is 1340. The average molecular weight is 768 g/mol. The number of aliphatic hydroxyl groups excluding tert-OH is 5. The van der Waals surface area contributed by atoms with Crippen LogP contribution in [0.3, 0.4) is 0 Å². The smallest absolute Gasteiger partial charge is 0.308 e. The molecule has 2 amide bonds. The summed E-state index contributed by atoms with van der Waals surface area (Å²) >= 11 is 0. The van der Waals surface area contributed by atoms with Crippen LogP contribution < -0.4 is 15.4 Å². The van der Waals surface area contributed by atoms with Crippen molar-refractivity contribution in [1.82, 2.24) is 15.5 Å². The van der Waals surface area contributed by atoms with Crippen LogP contribution in [0.1, 0.15) is 84.7 Å². The first-order valence-corrected chi connectivity index (χ1v) is 19.3. The molecule has 3 unspecified atom stereocenters. The normalized spacial score (nSPS) is 34.3. The van der Waals surface area contributed by atoms with E-state index in [1.807, 2.05) is 25.7 Å². The van der Waals surface area contributed by atoms with Crippen molar-refractivity contribution in [3.05, 3.63) is 29.8 Å². The zero-order valence-corrected chi connectivity index (χ0v) is 32.0. The molecule has 3 fully saturated rings. The van der Waals surface area contributed by atoms with Gasteiger partial charge in [-0.25, -0.2) is 0 Å². The third-order valence-corrected chi connectivity index (χ3v) is 10.6. The zero-order chi connectivity index (χ0) is 39.5. The fraction of sp³-hybridized carbons (Fsp3) is 0.763. The molecule has 1 aromatic rings. The van der Waals surface area contributed by atoms with Gasteiger partial charge in [-0.3, -0.25) is 14.4 Å². The van der Waals surface area contributed by atoms with Crippen molar-refractivity contribution in [2.24, 2.45) is 11.8 Å². The number of nitrogens with one attached hydrogen (secondary N) is 2. The van der Waals surface area contributed by atoms with Crippen LogP contribution in [0.25, 0.3) is 0 Å². The maximum atomic E-state index is 12.9. The van der Waals surface area contributed by atoms with E-state index in [4.69, 9.17) is 23.7 Å². The highest BCUT2D eigenvalue weighted by Crippen LogP contribution is 2.31. The van der Waals surface area contributed by atoms with E-state index in [1.165, 1.54) is 0 Å². The third-order valence-electron chi connectivity index (χ3n) is 10.6. The standard InChI is InChI=1S/C38H61N3O13/c1-6-21(3)35(48)41-17-9-8-15-39-26(19-28(42)40-16-10-18-41)24-11-13-25(14-12-24)52-38-34(32(46)29(43)23(5)51-38)54-37-33(47)31(45)30(44)27(53-37)20-50-36(49)22(4)7-2/h11-14,21-23,26-27,29-34,37-39,43-47H,6-10,15-20H2,1-5H3,(H,40,42)/t21?,22?,23-,26?,27+,29-,30+,31-,32+,33+,34+,37-,38-/m0/s1. The number of ether oxygens (including phenoxy) is 5. The van der Waals surface area contributed by atoms with Gasteiger partial charge in [-0.15, -0.1) is 0 Å². The molecule has 4 rings (SSSR count). The highest BCUT2D eigenvalue weighted by atomic mass is 16.8. The van der Waals surface area contributed by atoms with Crippen molar-refractivity contribution < 1.29 is 63.6 Å². The summed E-state index contributed by atoms with van der Waals surface area (Å²) in [6, 6.07) is 6.64. The van der Waals surface area contributed by atoms with Gasteiger partial charge in [0.2, 0.25) is 18.1 Å². The van der Waals surface area contributed by atoms with Crippen molar-refractivity contribution in [3.63, 3.8) is 0 Å². The van der Waals surface area contributed by atoms with Gasteiger partial charge in [-0.1, -0.05) is 39.8 Å². The van der Waals surface area contributed by atoms with Crippen molar-refractivity contribution in [2.75, 3.05) is 32.8 Å². The van der Waals surface area contributed by atoms with Gasteiger partial charge in [-0.05, 0) is 63.3 Å². The summed E-state index contributed by atoms with van der Waals surface area (Å²) < 4.78 is 28.9. The molecule has 3 saturated heterocycles. The minimum Gasteiger partial charge on any atom is -0.463 e. The summed E-state index contributed by atoms with van der Waals surface area (Å²) in [5, 5.41) is 60.0. The quantitative estimate of drug-likeness (QED) is 0.153. The maximum absolute atomic E-state index is 12.9. The Morgan fingerprint density at radius 2 is 1.54 bits per heavy atom. The minimum absolute atomic E-state index is 0.0397. The van der Waals surface area contributed by atoms with Crippen LogP contribution >= 0.6 is 0 Å². The predicted molar refractivity (Wildman–Crippen MR) is 194 cm³/mol. The Morgan fingerprint density at radius 1 is 0.852 bits per heavy atom. The maximum Gasteiger partial charge on any atom is 0.308 e. The molecule has 0 aliphatic carbocycles. The number of carbonyl (C=O) groups is 3. The van der Waals surface area contributed by atoms with Gasteiger partial charge in [0.25, 0.3) is 0 Å². The molecule has 3 aliphatic rings. The molecule has 13 atom stereocenters. The van der Waals surface area contributed by atoms with Gasteiger partial charge in [-0.2, -0.15) is 0 Å².